The molecule has 1 aromatic carbocycles. The van der Waals surface area contributed by atoms with Gasteiger partial charge in [0.25, 0.3) is 0 Å². The Labute approximate surface area is 160 Å². The summed E-state index contributed by atoms with van der Waals surface area (Å²) >= 11 is 0. The maximum absolute atomic E-state index is 12.6. The molecule has 1 atom stereocenters. The highest BCUT2D eigenvalue weighted by Gasteiger charge is 2.39. The SMILES string of the molecule is CCc1nc2ccccc2n1CCC(=O)N[C@@H]1CCOC2(CCOCC2)C1. The molecule has 1 spiro atoms. The fraction of sp³-hybridized carbons (Fsp3) is 0.619. The van der Waals surface area contributed by atoms with Gasteiger partial charge in [-0.2, -0.15) is 0 Å². The predicted octanol–water partition coefficient (Wildman–Crippen LogP) is 2.83. The molecule has 146 valence electrons. The van der Waals surface area contributed by atoms with E-state index in [0.29, 0.717) is 13.0 Å². The smallest absolute Gasteiger partial charge is 0.222 e. The van der Waals surface area contributed by atoms with Crippen LogP contribution in [-0.4, -0.2) is 46.9 Å². The van der Waals surface area contributed by atoms with Gasteiger partial charge in [0.2, 0.25) is 5.91 Å². The van der Waals surface area contributed by atoms with E-state index < -0.39 is 0 Å². The van der Waals surface area contributed by atoms with E-state index in [1.54, 1.807) is 0 Å². The van der Waals surface area contributed by atoms with Crippen LogP contribution in [0.5, 0.6) is 0 Å². The van der Waals surface area contributed by atoms with Gasteiger partial charge in [-0.25, -0.2) is 4.98 Å². The van der Waals surface area contributed by atoms with E-state index in [0.717, 1.165) is 68.8 Å². The van der Waals surface area contributed by atoms with Crippen molar-refractivity contribution in [1.82, 2.24) is 14.9 Å². The maximum Gasteiger partial charge on any atom is 0.222 e. The van der Waals surface area contributed by atoms with E-state index in [1.807, 2.05) is 18.2 Å². The lowest BCUT2D eigenvalue weighted by atomic mass is 9.84. The second kappa shape index (κ2) is 7.98. The number of imidazole rings is 1. The van der Waals surface area contributed by atoms with Crippen LogP contribution in [0.4, 0.5) is 0 Å². The molecule has 0 aliphatic carbocycles. The summed E-state index contributed by atoms with van der Waals surface area (Å²) in [5.41, 5.74) is 2.01. The average molecular weight is 371 g/mol. The van der Waals surface area contributed by atoms with Crippen LogP contribution in [-0.2, 0) is 27.2 Å². The zero-order valence-electron chi connectivity index (χ0n) is 16.1. The number of nitrogens with one attached hydrogen (secondary N) is 1. The molecule has 1 aromatic heterocycles. The van der Waals surface area contributed by atoms with Crippen molar-refractivity contribution in [2.75, 3.05) is 19.8 Å². The molecule has 1 amide bonds. The highest BCUT2D eigenvalue weighted by molar-refractivity contribution is 5.78. The molecule has 27 heavy (non-hydrogen) atoms. The third-order valence-corrected chi connectivity index (χ3v) is 5.87. The Kier molecular flexibility index (Phi) is 5.45. The number of hydrogen-bond donors (Lipinski definition) is 1. The van der Waals surface area contributed by atoms with Crippen LogP contribution < -0.4 is 5.32 Å². The van der Waals surface area contributed by atoms with Crippen molar-refractivity contribution in [2.45, 2.75) is 63.6 Å². The number of hydrogen-bond acceptors (Lipinski definition) is 4. The van der Waals surface area contributed by atoms with Gasteiger partial charge in [-0.15, -0.1) is 0 Å². The molecule has 6 heteroatoms. The highest BCUT2D eigenvalue weighted by Crippen LogP contribution is 2.34. The molecule has 2 aliphatic heterocycles. The van der Waals surface area contributed by atoms with Crippen molar-refractivity contribution in [3.05, 3.63) is 30.1 Å². The largest absolute Gasteiger partial charge is 0.381 e. The van der Waals surface area contributed by atoms with E-state index in [2.05, 4.69) is 27.9 Å². The van der Waals surface area contributed by atoms with Gasteiger partial charge in [0.1, 0.15) is 5.82 Å². The first-order chi connectivity index (χ1) is 13.2. The Morgan fingerprint density at radius 2 is 2.11 bits per heavy atom. The van der Waals surface area contributed by atoms with E-state index in [1.165, 1.54) is 0 Å². The topological polar surface area (TPSA) is 65.4 Å². The molecule has 1 N–H and O–H groups in total. The number of aryl methyl sites for hydroxylation is 2. The van der Waals surface area contributed by atoms with Gasteiger partial charge in [0.05, 0.1) is 16.6 Å². The molecule has 2 saturated heterocycles. The minimum atomic E-state index is -0.0929. The van der Waals surface area contributed by atoms with Crippen molar-refractivity contribution < 1.29 is 14.3 Å². The van der Waals surface area contributed by atoms with Crippen molar-refractivity contribution in [3.63, 3.8) is 0 Å². The fourth-order valence-electron chi connectivity index (χ4n) is 4.40. The van der Waals surface area contributed by atoms with E-state index in [4.69, 9.17) is 9.47 Å². The van der Waals surface area contributed by atoms with Gasteiger partial charge < -0.3 is 19.4 Å². The van der Waals surface area contributed by atoms with Crippen LogP contribution in [0.2, 0.25) is 0 Å². The van der Waals surface area contributed by atoms with Gasteiger partial charge >= 0.3 is 0 Å². The minimum absolute atomic E-state index is 0.0929. The van der Waals surface area contributed by atoms with E-state index in [-0.39, 0.29) is 17.6 Å². The van der Waals surface area contributed by atoms with Gasteiger partial charge in [0, 0.05) is 45.2 Å². The Hall–Kier alpha value is -1.92. The van der Waals surface area contributed by atoms with Crippen LogP contribution in [0, 0.1) is 0 Å². The second-order valence-electron chi connectivity index (χ2n) is 7.67. The molecule has 6 nitrogen and oxygen atoms in total. The Morgan fingerprint density at radius 1 is 1.30 bits per heavy atom. The molecule has 0 unspecified atom stereocenters. The van der Waals surface area contributed by atoms with E-state index in [9.17, 15) is 4.79 Å². The van der Waals surface area contributed by atoms with Gasteiger partial charge in [-0.1, -0.05) is 19.1 Å². The average Bonchev–Trinajstić information content (AvgIpc) is 3.05. The van der Waals surface area contributed by atoms with Gasteiger partial charge in [-0.05, 0) is 37.8 Å². The first-order valence-electron chi connectivity index (χ1n) is 10.1. The molecule has 4 rings (SSSR count). The number of carbonyl (C=O) groups excluding carboxylic acids is 1. The third-order valence-electron chi connectivity index (χ3n) is 5.87. The monoisotopic (exact) mass is 371 g/mol. The highest BCUT2D eigenvalue weighted by atomic mass is 16.5. The number of aromatic nitrogens is 2. The summed E-state index contributed by atoms with van der Waals surface area (Å²) in [6.45, 7) is 5.00. The molecular weight excluding hydrogens is 342 g/mol. The molecule has 0 saturated carbocycles. The van der Waals surface area contributed by atoms with Gasteiger partial charge in [0.15, 0.2) is 0 Å². The van der Waals surface area contributed by atoms with Crippen LogP contribution in [0.25, 0.3) is 11.0 Å². The Balaban J connectivity index is 1.36. The van der Waals surface area contributed by atoms with Crippen LogP contribution in [0.1, 0.15) is 44.9 Å². The molecule has 2 fully saturated rings. The number of nitrogens with zero attached hydrogens (tertiary/aromatic N) is 2. The standard InChI is InChI=1S/C21H29N3O3/c1-2-19-23-17-5-3-4-6-18(17)24(19)11-7-20(25)22-16-8-12-27-21(15-16)9-13-26-14-10-21/h3-6,16H,2,7-15H2,1H3,(H,22,25)/t16-/m1/s1. The lowest BCUT2D eigenvalue weighted by molar-refractivity contribution is -0.144. The van der Waals surface area contributed by atoms with Crippen LogP contribution >= 0.6 is 0 Å². The summed E-state index contributed by atoms with van der Waals surface area (Å²) in [5.74, 6) is 1.15. The van der Waals surface area contributed by atoms with Crippen LogP contribution in [0.3, 0.4) is 0 Å². The molecule has 0 radical (unpaired) electrons. The molecule has 0 bridgehead atoms. The number of fused-ring (bicyclic) bond motifs is 1. The Morgan fingerprint density at radius 3 is 2.93 bits per heavy atom. The normalized spacial score (nSPS) is 22.2. The van der Waals surface area contributed by atoms with Crippen molar-refractivity contribution in [3.8, 4) is 0 Å². The third kappa shape index (κ3) is 4.01. The number of rotatable bonds is 5. The van der Waals surface area contributed by atoms with Gasteiger partial charge in [-0.3, -0.25) is 4.79 Å². The summed E-state index contributed by atoms with van der Waals surface area (Å²) in [4.78, 5) is 17.3. The number of carbonyl (C=O) groups is 1. The maximum atomic E-state index is 12.6. The molecule has 3 heterocycles. The van der Waals surface area contributed by atoms with Crippen LogP contribution in [0.15, 0.2) is 24.3 Å². The fourth-order valence-corrected chi connectivity index (χ4v) is 4.40. The molecule has 2 aliphatic rings. The summed E-state index contributed by atoms with van der Waals surface area (Å²) in [6.07, 6.45) is 4.99. The minimum Gasteiger partial charge on any atom is -0.381 e. The quantitative estimate of drug-likeness (QED) is 0.878. The first kappa shape index (κ1) is 18.4. The van der Waals surface area contributed by atoms with Crippen molar-refractivity contribution in [2.24, 2.45) is 0 Å². The summed E-state index contributed by atoms with van der Waals surface area (Å²) in [5, 5.41) is 3.24. The predicted molar refractivity (Wildman–Crippen MR) is 104 cm³/mol. The summed E-state index contributed by atoms with van der Waals surface area (Å²) in [6, 6.07) is 8.33. The number of para-hydroxylation sites is 2. The Bertz CT molecular complexity index is 790. The lowest BCUT2D eigenvalue weighted by Gasteiger charge is -2.43. The first-order valence-corrected chi connectivity index (χ1v) is 10.1. The zero-order valence-corrected chi connectivity index (χ0v) is 16.1. The number of ether oxygens (including phenoxy) is 2. The van der Waals surface area contributed by atoms with Crippen molar-refractivity contribution in [1.29, 1.82) is 0 Å². The second-order valence-corrected chi connectivity index (χ2v) is 7.67. The molecular formula is C21H29N3O3. The van der Waals surface area contributed by atoms with E-state index >= 15 is 0 Å². The lowest BCUT2D eigenvalue weighted by Crippen LogP contribution is -2.51. The molecule has 2 aromatic rings. The zero-order chi connectivity index (χ0) is 18.7. The number of amides is 1. The number of benzene rings is 1. The summed E-state index contributed by atoms with van der Waals surface area (Å²) < 4.78 is 13.7. The van der Waals surface area contributed by atoms with Crippen molar-refractivity contribution >= 4 is 16.9 Å². The summed E-state index contributed by atoms with van der Waals surface area (Å²) in [7, 11) is 0.